The minimum atomic E-state index is -3.14. The SMILES string of the molecule is CS(=O)(=O)c1ccc(C2CN(CC=S)CCO2)cc1. The quantitative estimate of drug-likeness (QED) is 0.788. The lowest BCUT2D eigenvalue weighted by atomic mass is 10.1. The van der Waals surface area contributed by atoms with Crippen LogP contribution in [0.4, 0.5) is 0 Å². The lowest BCUT2D eigenvalue weighted by Crippen LogP contribution is -2.39. The number of rotatable bonds is 4. The van der Waals surface area contributed by atoms with E-state index in [-0.39, 0.29) is 6.10 Å². The molecule has 0 amide bonds. The molecule has 0 saturated carbocycles. The van der Waals surface area contributed by atoms with E-state index in [1.54, 1.807) is 17.5 Å². The van der Waals surface area contributed by atoms with E-state index in [1.165, 1.54) is 6.26 Å². The first-order valence-corrected chi connectivity index (χ1v) is 8.44. The Hall–Kier alpha value is -0.820. The standard InChI is InChI=1S/C13H17NO3S2/c1-19(15,16)12-4-2-11(3-5-12)13-10-14(7-9-18)6-8-17-13/h2-5,9,13H,6-8,10H2,1H3. The third-order valence-corrected chi connectivity index (χ3v) is 4.44. The molecule has 0 N–H and O–H groups in total. The van der Waals surface area contributed by atoms with Crippen LogP contribution in [0.5, 0.6) is 0 Å². The molecule has 0 bridgehead atoms. The van der Waals surface area contributed by atoms with Crippen molar-refractivity contribution in [2.75, 3.05) is 32.5 Å². The van der Waals surface area contributed by atoms with Crippen molar-refractivity contribution in [3.8, 4) is 0 Å². The molecule has 1 aromatic rings. The molecule has 0 spiro atoms. The summed E-state index contributed by atoms with van der Waals surface area (Å²) in [5.74, 6) is 0. The van der Waals surface area contributed by atoms with Crippen molar-refractivity contribution < 1.29 is 13.2 Å². The van der Waals surface area contributed by atoms with Crippen molar-refractivity contribution >= 4 is 27.4 Å². The summed E-state index contributed by atoms with van der Waals surface area (Å²) in [6.07, 6.45) is 1.19. The van der Waals surface area contributed by atoms with Gasteiger partial charge in [0.25, 0.3) is 0 Å². The molecule has 19 heavy (non-hydrogen) atoms. The first-order chi connectivity index (χ1) is 9.00. The third kappa shape index (κ3) is 3.82. The van der Waals surface area contributed by atoms with E-state index in [0.29, 0.717) is 11.5 Å². The second-order valence-electron chi connectivity index (χ2n) is 4.63. The van der Waals surface area contributed by atoms with E-state index >= 15 is 0 Å². The van der Waals surface area contributed by atoms with E-state index in [1.807, 2.05) is 12.1 Å². The molecule has 0 aliphatic carbocycles. The summed E-state index contributed by atoms with van der Waals surface area (Å²) in [5.41, 5.74) is 1.00. The van der Waals surface area contributed by atoms with Gasteiger partial charge in [0.1, 0.15) is 0 Å². The molecular formula is C13H17NO3S2. The van der Waals surface area contributed by atoms with Gasteiger partial charge in [-0.2, -0.15) is 0 Å². The number of thiocarbonyl (C=S) groups is 1. The zero-order chi connectivity index (χ0) is 13.9. The first kappa shape index (κ1) is 14.6. The van der Waals surface area contributed by atoms with Gasteiger partial charge in [-0.1, -0.05) is 24.4 Å². The van der Waals surface area contributed by atoms with Gasteiger partial charge in [0.2, 0.25) is 0 Å². The van der Waals surface area contributed by atoms with Crippen LogP contribution in [0.25, 0.3) is 0 Å². The Kier molecular flexibility index (Phi) is 4.67. The maximum atomic E-state index is 11.4. The fraction of sp³-hybridized carbons (Fsp3) is 0.462. The molecule has 6 heteroatoms. The topological polar surface area (TPSA) is 46.6 Å². The van der Waals surface area contributed by atoms with Crippen LogP contribution in [0, 0.1) is 0 Å². The molecule has 1 aliphatic rings. The van der Waals surface area contributed by atoms with Gasteiger partial charge in [-0.05, 0) is 23.1 Å². The molecule has 1 heterocycles. The van der Waals surface area contributed by atoms with Gasteiger partial charge >= 0.3 is 0 Å². The largest absolute Gasteiger partial charge is 0.371 e. The summed E-state index contributed by atoms with van der Waals surface area (Å²) in [5, 5.41) is 1.72. The van der Waals surface area contributed by atoms with Crippen molar-refractivity contribution in [2.24, 2.45) is 0 Å². The predicted molar refractivity (Wildman–Crippen MR) is 78.3 cm³/mol. The maximum Gasteiger partial charge on any atom is 0.175 e. The monoisotopic (exact) mass is 299 g/mol. The summed E-state index contributed by atoms with van der Waals surface area (Å²) in [4.78, 5) is 2.56. The Morgan fingerprint density at radius 1 is 1.42 bits per heavy atom. The minimum Gasteiger partial charge on any atom is -0.371 e. The number of sulfone groups is 1. The van der Waals surface area contributed by atoms with Gasteiger partial charge in [-0.3, -0.25) is 4.90 Å². The Morgan fingerprint density at radius 3 is 2.68 bits per heavy atom. The lowest BCUT2D eigenvalue weighted by molar-refractivity contribution is -0.0242. The average molecular weight is 299 g/mol. The maximum absolute atomic E-state index is 11.4. The summed E-state index contributed by atoms with van der Waals surface area (Å²) < 4.78 is 28.5. The molecule has 104 valence electrons. The molecule has 4 nitrogen and oxygen atoms in total. The van der Waals surface area contributed by atoms with Crippen LogP contribution in [-0.4, -0.2) is 51.2 Å². The minimum absolute atomic E-state index is 0.0164. The highest BCUT2D eigenvalue weighted by Crippen LogP contribution is 2.23. The van der Waals surface area contributed by atoms with Crippen LogP contribution in [-0.2, 0) is 14.6 Å². The second kappa shape index (κ2) is 6.09. The van der Waals surface area contributed by atoms with E-state index < -0.39 is 9.84 Å². The van der Waals surface area contributed by atoms with Gasteiger partial charge < -0.3 is 4.74 Å². The molecule has 1 aliphatic heterocycles. The van der Waals surface area contributed by atoms with Crippen molar-refractivity contribution in [3.63, 3.8) is 0 Å². The number of morpholine rings is 1. The highest BCUT2D eigenvalue weighted by molar-refractivity contribution is 7.90. The molecule has 2 rings (SSSR count). The van der Waals surface area contributed by atoms with E-state index in [4.69, 9.17) is 17.0 Å². The normalized spacial score (nSPS) is 21.2. The third-order valence-electron chi connectivity index (χ3n) is 3.16. The number of nitrogens with zero attached hydrogens (tertiary/aromatic N) is 1. The Balaban J connectivity index is 2.11. The van der Waals surface area contributed by atoms with Crippen molar-refractivity contribution in [2.45, 2.75) is 11.0 Å². The van der Waals surface area contributed by atoms with Gasteiger partial charge in [-0.25, -0.2) is 8.42 Å². The summed E-state index contributed by atoms with van der Waals surface area (Å²) in [6, 6.07) is 6.91. The zero-order valence-corrected chi connectivity index (χ0v) is 12.4. The van der Waals surface area contributed by atoms with Crippen LogP contribution >= 0.6 is 12.2 Å². The van der Waals surface area contributed by atoms with Crippen LogP contribution in [0.15, 0.2) is 29.2 Å². The van der Waals surface area contributed by atoms with Gasteiger partial charge in [0.05, 0.1) is 17.6 Å². The van der Waals surface area contributed by atoms with Gasteiger partial charge in [-0.15, -0.1) is 0 Å². The van der Waals surface area contributed by atoms with Crippen LogP contribution in [0.1, 0.15) is 11.7 Å². The van der Waals surface area contributed by atoms with E-state index in [2.05, 4.69) is 4.90 Å². The molecule has 1 unspecified atom stereocenters. The zero-order valence-electron chi connectivity index (χ0n) is 10.8. The van der Waals surface area contributed by atoms with Gasteiger partial charge in [0, 0.05) is 25.9 Å². The summed E-state index contributed by atoms with van der Waals surface area (Å²) in [6.45, 7) is 3.11. The molecule has 1 fully saturated rings. The van der Waals surface area contributed by atoms with Crippen molar-refractivity contribution in [3.05, 3.63) is 29.8 Å². The number of benzene rings is 1. The first-order valence-electron chi connectivity index (χ1n) is 6.08. The van der Waals surface area contributed by atoms with Crippen molar-refractivity contribution in [1.82, 2.24) is 4.90 Å². The fourth-order valence-corrected chi connectivity index (χ4v) is 2.95. The fourth-order valence-electron chi connectivity index (χ4n) is 2.11. The van der Waals surface area contributed by atoms with Gasteiger partial charge in [0.15, 0.2) is 9.84 Å². The predicted octanol–water partition coefficient (Wildman–Crippen LogP) is 1.46. The molecule has 1 aromatic carbocycles. The lowest BCUT2D eigenvalue weighted by Gasteiger charge is -2.32. The molecule has 1 atom stereocenters. The average Bonchev–Trinajstić information content (AvgIpc) is 2.39. The molecular weight excluding hydrogens is 282 g/mol. The van der Waals surface area contributed by atoms with E-state index in [0.717, 1.165) is 25.2 Å². The molecule has 1 saturated heterocycles. The number of hydrogen-bond acceptors (Lipinski definition) is 5. The van der Waals surface area contributed by atoms with Crippen molar-refractivity contribution in [1.29, 1.82) is 0 Å². The number of ether oxygens (including phenoxy) is 1. The number of hydrogen-bond donors (Lipinski definition) is 0. The molecule has 0 aromatic heterocycles. The second-order valence-corrected chi connectivity index (χ2v) is 6.98. The van der Waals surface area contributed by atoms with Crippen LogP contribution in [0.2, 0.25) is 0 Å². The summed E-state index contributed by atoms with van der Waals surface area (Å²) in [7, 11) is -3.14. The van der Waals surface area contributed by atoms with E-state index in [9.17, 15) is 8.42 Å². The highest BCUT2D eigenvalue weighted by Gasteiger charge is 2.21. The highest BCUT2D eigenvalue weighted by atomic mass is 32.2. The summed E-state index contributed by atoms with van der Waals surface area (Å²) >= 11 is 4.87. The smallest absolute Gasteiger partial charge is 0.175 e. The van der Waals surface area contributed by atoms with Crippen LogP contribution in [0.3, 0.4) is 0 Å². The van der Waals surface area contributed by atoms with Crippen LogP contribution < -0.4 is 0 Å². The Bertz CT molecular complexity index is 540. The Labute approximate surface area is 119 Å². The Morgan fingerprint density at radius 2 is 2.11 bits per heavy atom. The molecule has 0 radical (unpaired) electrons.